The highest BCUT2D eigenvalue weighted by Crippen LogP contribution is 2.23. The van der Waals surface area contributed by atoms with Crippen molar-refractivity contribution in [2.45, 2.75) is 26.7 Å². The topological polar surface area (TPSA) is 38.0 Å². The molecule has 0 atom stereocenters. The van der Waals surface area contributed by atoms with Crippen LogP contribution in [0.2, 0.25) is 5.02 Å². The maximum absolute atomic E-state index is 6.17. The molecule has 0 radical (unpaired) electrons. The Kier molecular flexibility index (Phi) is 5.72. The zero-order valence-electron chi connectivity index (χ0n) is 10.3. The van der Waals surface area contributed by atoms with E-state index in [1.54, 1.807) is 6.07 Å². The Hall–Kier alpha value is -0.800. The summed E-state index contributed by atoms with van der Waals surface area (Å²) in [6, 6.07) is 5.63. The molecular formula is C13H19ClN2S. The van der Waals surface area contributed by atoms with Crippen LogP contribution in [0.4, 0.5) is 5.69 Å². The molecule has 0 spiro atoms. The van der Waals surface area contributed by atoms with Gasteiger partial charge in [0.25, 0.3) is 0 Å². The normalized spacial score (nSPS) is 10.6. The number of nitrogens with one attached hydrogen (secondary N) is 1. The first-order valence-corrected chi connectivity index (χ1v) is 6.70. The summed E-state index contributed by atoms with van der Waals surface area (Å²) in [4.78, 5) is 0.374. The SMILES string of the molecule is CCC(CC)CNc1ccc(C(N)=S)cc1Cl. The van der Waals surface area contributed by atoms with E-state index in [0.717, 1.165) is 17.8 Å². The second-order valence-corrected chi connectivity index (χ2v) is 4.97. The van der Waals surface area contributed by atoms with E-state index in [9.17, 15) is 0 Å². The summed E-state index contributed by atoms with van der Waals surface area (Å²) in [6.07, 6.45) is 2.35. The third-order valence-electron chi connectivity index (χ3n) is 2.99. The summed E-state index contributed by atoms with van der Waals surface area (Å²) in [5, 5.41) is 4.03. The molecule has 0 aliphatic rings. The maximum atomic E-state index is 6.17. The van der Waals surface area contributed by atoms with Gasteiger partial charge in [-0.25, -0.2) is 0 Å². The number of hydrogen-bond acceptors (Lipinski definition) is 2. The highest BCUT2D eigenvalue weighted by molar-refractivity contribution is 7.80. The van der Waals surface area contributed by atoms with E-state index in [0.29, 0.717) is 15.9 Å². The molecule has 2 nitrogen and oxygen atoms in total. The molecule has 0 aromatic heterocycles. The summed E-state index contributed by atoms with van der Waals surface area (Å²) in [5.41, 5.74) is 7.30. The molecule has 0 amide bonds. The Balaban J connectivity index is 2.69. The van der Waals surface area contributed by atoms with E-state index in [-0.39, 0.29) is 0 Å². The molecule has 1 aromatic carbocycles. The van der Waals surface area contributed by atoms with Gasteiger partial charge in [0.15, 0.2) is 0 Å². The number of rotatable bonds is 6. The van der Waals surface area contributed by atoms with Crippen LogP contribution in [0.1, 0.15) is 32.3 Å². The maximum Gasteiger partial charge on any atom is 0.104 e. The average molecular weight is 271 g/mol. The summed E-state index contributed by atoms with van der Waals surface area (Å²) in [6.45, 7) is 5.35. The molecule has 1 aromatic rings. The van der Waals surface area contributed by atoms with Crippen molar-refractivity contribution in [3.8, 4) is 0 Å². The van der Waals surface area contributed by atoms with Gasteiger partial charge in [-0.1, -0.05) is 50.5 Å². The number of hydrogen-bond donors (Lipinski definition) is 2. The van der Waals surface area contributed by atoms with E-state index in [2.05, 4.69) is 19.2 Å². The number of anilines is 1. The highest BCUT2D eigenvalue weighted by Gasteiger charge is 2.06. The van der Waals surface area contributed by atoms with Gasteiger partial charge in [0.05, 0.1) is 10.7 Å². The zero-order valence-corrected chi connectivity index (χ0v) is 11.9. The fourth-order valence-electron chi connectivity index (χ4n) is 1.64. The van der Waals surface area contributed by atoms with E-state index < -0.39 is 0 Å². The molecule has 0 heterocycles. The predicted molar refractivity (Wildman–Crippen MR) is 79.9 cm³/mol. The van der Waals surface area contributed by atoms with Gasteiger partial charge in [0.1, 0.15) is 4.99 Å². The van der Waals surface area contributed by atoms with Gasteiger partial charge in [-0.3, -0.25) is 0 Å². The minimum Gasteiger partial charge on any atom is -0.389 e. The predicted octanol–water partition coefficient (Wildman–Crippen LogP) is 3.82. The van der Waals surface area contributed by atoms with E-state index in [1.807, 2.05) is 12.1 Å². The van der Waals surface area contributed by atoms with Crippen molar-refractivity contribution in [2.24, 2.45) is 11.7 Å². The number of benzene rings is 1. The lowest BCUT2D eigenvalue weighted by molar-refractivity contribution is 0.519. The molecule has 0 bridgehead atoms. The first-order chi connectivity index (χ1) is 8.08. The van der Waals surface area contributed by atoms with Gasteiger partial charge in [0.2, 0.25) is 0 Å². The Labute approximate surface area is 114 Å². The molecule has 0 saturated heterocycles. The molecular weight excluding hydrogens is 252 g/mol. The van der Waals surface area contributed by atoms with Crippen molar-refractivity contribution in [2.75, 3.05) is 11.9 Å². The Morgan fingerprint density at radius 1 is 1.41 bits per heavy atom. The lowest BCUT2D eigenvalue weighted by Gasteiger charge is -2.15. The number of nitrogens with two attached hydrogens (primary N) is 1. The fraction of sp³-hybridized carbons (Fsp3) is 0.462. The van der Waals surface area contributed by atoms with Gasteiger partial charge in [-0.2, -0.15) is 0 Å². The van der Waals surface area contributed by atoms with Crippen LogP contribution in [0, 0.1) is 5.92 Å². The van der Waals surface area contributed by atoms with Crippen LogP contribution >= 0.6 is 23.8 Å². The minimum atomic E-state index is 0.374. The smallest absolute Gasteiger partial charge is 0.104 e. The molecule has 0 saturated carbocycles. The van der Waals surface area contributed by atoms with Gasteiger partial charge in [-0.05, 0) is 24.1 Å². The van der Waals surface area contributed by atoms with E-state index >= 15 is 0 Å². The first-order valence-electron chi connectivity index (χ1n) is 5.91. The molecule has 94 valence electrons. The summed E-state index contributed by atoms with van der Waals surface area (Å²) in [5.74, 6) is 0.682. The van der Waals surface area contributed by atoms with Crippen LogP contribution in [-0.2, 0) is 0 Å². The van der Waals surface area contributed by atoms with E-state index in [1.165, 1.54) is 12.8 Å². The zero-order chi connectivity index (χ0) is 12.8. The lowest BCUT2D eigenvalue weighted by atomic mass is 10.0. The van der Waals surface area contributed by atoms with E-state index in [4.69, 9.17) is 29.6 Å². The van der Waals surface area contributed by atoms with Crippen LogP contribution in [0.25, 0.3) is 0 Å². The van der Waals surface area contributed by atoms with Gasteiger partial charge in [-0.15, -0.1) is 0 Å². The lowest BCUT2D eigenvalue weighted by Crippen LogP contribution is -2.13. The molecule has 17 heavy (non-hydrogen) atoms. The third-order valence-corrected chi connectivity index (χ3v) is 3.54. The van der Waals surface area contributed by atoms with Crippen molar-refractivity contribution < 1.29 is 0 Å². The number of thiocarbonyl (C=S) groups is 1. The molecule has 0 fully saturated rings. The third kappa shape index (κ3) is 4.17. The van der Waals surface area contributed by atoms with Gasteiger partial charge < -0.3 is 11.1 Å². The molecule has 0 unspecified atom stereocenters. The first kappa shape index (κ1) is 14.3. The van der Waals surface area contributed by atoms with Crippen molar-refractivity contribution in [3.05, 3.63) is 28.8 Å². The molecule has 0 aliphatic heterocycles. The van der Waals surface area contributed by atoms with Crippen molar-refractivity contribution in [1.82, 2.24) is 0 Å². The summed E-state index contributed by atoms with van der Waals surface area (Å²) >= 11 is 11.1. The Bertz CT molecular complexity index is 389. The molecule has 3 N–H and O–H groups in total. The monoisotopic (exact) mass is 270 g/mol. The van der Waals surface area contributed by atoms with Crippen LogP contribution in [0.3, 0.4) is 0 Å². The quantitative estimate of drug-likeness (QED) is 0.772. The highest BCUT2D eigenvalue weighted by atomic mass is 35.5. The second-order valence-electron chi connectivity index (χ2n) is 4.12. The Morgan fingerprint density at radius 3 is 2.53 bits per heavy atom. The largest absolute Gasteiger partial charge is 0.389 e. The molecule has 0 aliphatic carbocycles. The van der Waals surface area contributed by atoms with Crippen LogP contribution in [-0.4, -0.2) is 11.5 Å². The van der Waals surface area contributed by atoms with Crippen molar-refractivity contribution >= 4 is 34.5 Å². The minimum absolute atomic E-state index is 0.374. The van der Waals surface area contributed by atoms with Crippen LogP contribution < -0.4 is 11.1 Å². The standard InChI is InChI=1S/C13H19ClN2S/c1-3-9(4-2)8-16-12-6-5-10(13(15)17)7-11(12)14/h5-7,9,16H,3-4,8H2,1-2H3,(H2,15,17). The van der Waals surface area contributed by atoms with Crippen LogP contribution in [0.5, 0.6) is 0 Å². The average Bonchev–Trinajstić information content (AvgIpc) is 2.31. The van der Waals surface area contributed by atoms with Gasteiger partial charge in [0, 0.05) is 12.1 Å². The Morgan fingerprint density at radius 2 is 2.06 bits per heavy atom. The van der Waals surface area contributed by atoms with Crippen molar-refractivity contribution in [3.63, 3.8) is 0 Å². The second kappa shape index (κ2) is 6.82. The molecule has 4 heteroatoms. The summed E-state index contributed by atoms with van der Waals surface area (Å²) < 4.78 is 0. The van der Waals surface area contributed by atoms with Crippen LogP contribution in [0.15, 0.2) is 18.2 Å². The summed E-state index contributed by atoms with van der Waals surface area (Å²) in [7, 11) is 0. The number of halogens is 1. The van der Waals surface area contributed by atoms with Gasteiger partial charge >= 0.3 is 0 Å². The van der Waals surface area contributed by atoms with Crippen molar-refractivity contribution in [1.29, 1.82) is 0 Å². The molecule has 1 rings (SSSR count). The fourth-order valence-corrected chi connectivity index (χ4v) is 2.02.